The van der Waals surface area contributed by atoms with Gasteiger partial charge in [-0.05, 0) is 37.5 Å². The van der Waals surface area contributed by atoms with E-state index in [1.54, 1.807) is 6.20 Å². The van der Waals surface area contributed by atoms with E-state index in [0.29, 0.717) is 17.2 Å². The maximum absolute atomic E-state index is 12.9. The summed E-state index contributed by atoms with van der Waals surface area (Å²) < 4.78 is 5.39. The highest BCUT2D eigenvalue weighted by atomic mass is 35.5. The third kappa shape index (κ3) is 3.24. The zero-order valence-corrected chi connectivity index (χ0v) is 15.2. The van der Waals surface area contributed by atoms with E-state index in [9.17, 15) is 4.79 Å². The number of hydrogen-bond acceptors (Lipinski definition) is 4. The summed E-state index contributed by atoms with van der Waals surface area (Å²) in [6.07, 6.45) is 3.92. The first-order valence-electron chi connectivity index (χ1n) is 8.62. The summed E-state index contributed by atoms with van der Waals surface area (Å²) >= 11 is 6.03. The van der Waals surface area contributed by atoms with Crippen LogP contribution in [0.3, 0.4) is 0 Å². The Hall–Kier alpha value is -2.60. The Balaban J connectivity index is 1.57. The number of nitrogens with one attached hydrogen (secondary N) is 1. The van der Waals surface area contributed by atoms with E-state index in [2.05, 4.69) is 15.4 Å². The van der Waals surface area contributed by atoms with Crippen LogP contribution < -0.4 is 0 Å². The molecule has 1 N–H and O–H groups in total. The molecular weight excluding hydrogens is 352 g/mol. The second kappa shape index (κ2) is 6.96. The van der Waals surface area contributed by atoms with Crippen molar-refractivity contribution < 1.29 is 9.32 Å². The molecule has 0 unspecified atom stereocenters. The summed E-state index contributed by atoms with van der Waals surface area (Å²) in [7, 11) is 0. The van der Waals surface area contributed by atoms with Gasteiger partial charge in [-0.15, -0.1) is 0 Å². The Kier molecular flexibility index (Phi) is 4.51. The van der Waals surface area contributed by atoms with Gasteiger partial charge in [-0.2, -0.15) is 5.10 Å². The molecule has 1 atom stereocenters. The first-order chi connectivity index (χ1) is 12.6. The Morgan fingerprint density at radius 1 is 1.42 bits per heavy atom. The number of aromatic amines is 1. The summed E-state index contributed by atoms with van der Waals surface area (Å²) in [5.41, 5.74) is 3.49. The van der Waals surface area contributed by atoms with Crippen molar-refractivity contribution in [2.45, 2.75) is 32.2 Å². The Morgan fingerprint density at radius 2 is 2.31 bits per heavy atom. The highest BCUT2D eigenvalue weighted by Gasteiger charge is 2.33. The normalized spacial score (nSPS) is 17.0. The van der Waals surface area contributed by atoms with Gasteiger partial charge >= 0.3 is 0 Å². The first-order valence-corrected chi connectivity index (χ1v) is 9.00. The van der Waals surface area contributed by atoms with E-state index in [1.807, 2.05) is 42.2 Å². The molecule has 26 heavy (non-hydrogen) atoms. The largest absolute Gasteiger partial charge is 0.356 e. The van der Waals surface area contributed by atoms with Crippen molar-refractivity contribution in [3.63, 3.8) is 0 Å². The van der Waals surface area contributed by atoms with Crippen LogP contribution in [0.4, 0.5) is 0 Å². The summed E-state index contributed by atoms with van der Waals surface area (Å²) in [5.74, 6) is 0.754. The number of H-pyrrole nitrogens is 1. The molecule has 6 nitrogen and oxygen atoms in total. The van der Waals surface area contributed by atoms with E-state index in [1.165, 1.54) is 0 Å². The minimum atomic E-state index is -0.0374. The lowest BCUT2D eigenvalue weighted by atomic mass is 10.0. The van der Waals surface area contributed by atoms with Crippen LogP contribution in [0, 0.1) is 6.92 Å². The maximum atomic E-state index is 12.9. The third-order valence-corrected chi connectivity index (χ3v) is 4.95. The number of amides is 1. The number of likely N-dealkylation sites (tertiary alicyclic amines) is 1. The Bertz CT molecular complexity index is 933. The van der Waals surface area contributed by atoms with Crippen LogP contribution >= 0.6 is 11.6 Å². The molecule has 0 aliphatic carbocycles. The SMILES string of the molecule is Cc1cc(-c2cn[nH]c2[C@@H]2CCCN2C(=O)Cc2cccc(Cl)c2)on1. The fourth-order valence-electron chi connectivity index (χ4n) is 3.53. The molecule has 1 aliphatic rings. The molecule has 0 bridgehead atoms. The van der Waals surface area contributed by atoms with E-state index in [-0.39, 0.29) is 11.9 Å². The Morgan fingerprint density at radius 3 is 3.08 bits per heavy atom. The molecule has 1 aromatic carbocycles. The molecule has 1 fully saturated rings. The number of nitrogens with zero attached hydrogens (tertiary/aromatic N) is 3. The molecule has 3 aromatic rings. The van der Waals surface area contributed by atoms with Crippen molar-refractivity contribution in [2.75, 3.05) is 6.54 Å². The van der Waals surface area contributed by atoms with Gasteiger partial charge in [-0.25, -0.2) is 0 Å². The Labute approximate surface area is 156 Å². The van der Waals surface area contributed by atoms with Gasteiger partial charge in [0.05, 0.1) is 35.6 Å². The monoisotopic (exact) mass is 370 g/mol. The van der Waals surface area contributed by atoms with Gasteiger partial charge in [0.15, 0.2) is 5.76 Å². The number of aromatic nitrogens is 3. The predicted molar refractivity (Wildman–Crippen MR) is 97.7 cm³/mol. The number of carbonyl (C=O) groups excluding carboxylic acids is 1. The predicted octanol–water partition coefficient (Wildman–Crippen LogP) is 3.93. The fraction of sp³-hybridized carbons (Fsp3) is 0.316. The van der Waals surface area contributed by atoms with Crippen molar-refractivity contribution in [3.8, 4) is 11.3 Å². The van der Waals surface area contributed by atoms with Gasteiger partial charge in [-0.3, -0.25) is 9.89 Å². The number of halogens is 1. The summed E-state index contributed by atoms with van der Waals surface area (Å²) in [5, 5.41) is 11.8. The molecule has 0 radical (unpaired) electrons. The van der Waals surface area contributed by atoms with Gasteiger partial charge < -0.3 is 9.42 Å². The quantitative estimate of drug-likeness (QED) is 0.754. The number of hydrogen-bond donors (Lipinski definition) is 1. The minimum Gasteiger partial charge on any atom is -0.356 e. The van der Waals surface area contributed by atoms with Crippen LogP contribution in [0.5, 0.6) is 0 Å². The average molecular weight is 371 g/mol. The summed E-state index contributed by atoms with van der Waals surface area (Å²) in [6, 6.07) is 9.28. The van der Waals surface area contributed by atoms with Crippen molar-refractivity contribution in [1.82, 2.24) is 20.3 Å². The van der Waals surface area contributed by atoms with Crippen LogP contribution in [-0.2, 0) is 11.2 Å². The minimum absolute atomic E-state index is 0.0374. The van der Waals surface area contributed by atoms with E-state index in [0.717, 1.165) is 41.9 Å². The molecular formula is C19H19ClN4O2. The molecule has 1 amide bonds. The van der Waals surface area contributed by atoms with E-state index >= 15 is 0 Å². The lowest BCUT2D eigenvalue weighted by Gasteiger charge is -2.24. The summed E-state index contributed by atoms with van der Waals surface area (Å²) in [4.78, 5) is 14.8. The molecule has 134 valence electrons. The average Bonchev–Trinajstić information content (AvgIpc) is 3.34. The van der Waals surface area contributed by atoms with Crippen molar-refractivity contribution in [1.29, 1.82) is 0 Å². The smallest absolute Gasteiger partial charge is 0.227 e. The van der Waals surface area contributed by atoms with Crippen LogP contribution in [0.15, 0.2) is 41.1 Å². The van der Waals surface area contributed by atoms with Gasteiger partial charge in [0.1, 0.15) is 0 Å². The van der Waals surface area contributed by atoms with Crippen molar-refractivity contribution in [2.24, 2.45) is 0 Å². The van der Waals surface area contributed by atoms with Gasteiger partial charge in [0.25, 0.3) is 0 Å². The highest BCUT2D eigenvalue weighted by Crippen LogP contribution is 2.37. The molecule has 3 heterocycles. The second-order valence-electron chi connectivity index (χ2n) is 6.58. The van der Waals surface area contributed by atoms with E-state index < -0.39 is 0 Å². The molecule has 0 saturated carbocycles. The third-order valence-electron chi connectivity index (χ3n) is 4.71. The molecule has 2 aromatic heterocycles. The highest BCUT2D eigenvalue weighted by molar-refractivity contribution is 6.30. The number of aryl methyl sites for hydroxylation is 1. The lowest BCUT2D eigenvalue weighted by Crippen LogP contribution is -2.32. The molecule has 4 rings (SSSR count). The van der Waals surface area contributed by atoms with E-state index in [4.69, 9.17) is 16.1 Å². The van der Waals surface area contributed by atoms with Gasteiger partial charge in [-0.1, -0.05) is 28.9 Å². The lowest BCUT2D eigenvalue weighted by molar-refractivity contribution is -0.131. The molecule has 1 aliphatic heterocycles. The molecule has 0 spiro atoms. The first kappa shape index (κ1) is 16.8. The second-order valence-corrected chi connectivity index (χ2v) is 7.02. The standard InChI is InChI=1S/C19H19ClN4O2/c1-12-8-17(26-23-12)15-11-21-22-19(15)16-6-3-7-24(16)18(25)10-13-4-2-5-14(20)9-13/h2,4-5,8-9,11,16H,3,6-7,10H2,1H3,(H,21,22)/t16-/m0/s1. The maximum Gasteiger partial charge on any atom is 0.227 e. The van der Waals surface area contributed by atoms with Gasteiger partial charge in [0.2, 0.25) is 5.91 Å². The number of carbonyl (C=O) groups is 1. The topological polar surface area (TPSA) is 75.0 Å². The zero-order chi connectivity index (χ0) is 18.1. The van der Waals surface area contributed by atoms with Crippen molar-refractivity contribution in [3.05, 3.63) is 58.5 Å². The number of rotatable bonds is 4. The molecule has 7 heteroatoms. The molecule has 1 saturated heterocycles. The zero-order valence-electron chi connectivity index (χ0n) is 14.4. The van der Waals surface area contributed by atoms with Crippen LogP contribution in [0.2, 0.25) is 5.02 Å². The van der Waals surface area contributed by atoms with Crippen molar-refractivity contribution >= 4 is 17.5 Å². The summed E-state index contributed by atoms with van der Waals surface area (Å²) in [6.45, 7) is 2.61. The van der Waals surface area contributed by atoms with Gasteiger partial charge in [0, 0.05) is 17.6 Å². The van der Waals surface area contributed by atoms with Crippen LogP contribution in [-0.4, -0.2) is 32.7 Å². The van der Waals surface area contributed by atoms with Crippen LogP contribution in [0.1, 0.15) is 35.8 Å². The van der Waals surface area contributed by atoms with Crippen LogP contribution in [0.25, 0.3) is 11.3 Å². The fourth-order valence-corrected chi connectivity index (χ4v) is 3.74. The number of benzene rings is 1.